The Kier molecular flexibility index (Phi) is 10.7. The molecule has 0 spiro atoms. The molecule has 0 fully saturated rings. The molecule has 0 aliphatic rings. The van der Waals surface area contributed by atoms with Crippen LogP contribution in [0.3, 0.4) is 0 Å². The maximum atomic E-state index is 12.2. The van der Waals surface area contributed by atoms with Gasteiger partial charge in [0.05, 0.1) is 31.5 Å². The average molecular weight is 575 g/mol. The van der Waals surface area contributed by atoms with Gasteiger partial charge in [-0.1, -0.05) is 30.3 Å². The van der Waals surface area contributed by atoms with Gasteiger partial charge in [0.1, 0.15) is 0 Å². The number of amides is 1. The van der Waals surface area contributed by atoms with Crippen LogP contribution in [0.1, 0.15) is 30.7 Å². The van der Waals surface area contributed by atoms with Gasteiger partial charge in [-0.3, -0.25) is 15.0 Å². The van der Waals surface area contributed by atoms with Gasteiger partial charge in [0.25, 0.3) is 5.91 Å². The summed E-state index contributed by atoms with van der Waals surface area (Å²) in [6, 6.07) is 13.2. The maximum Gasteiger partial charge on any atom is 0.311 e. The number of esters is 1. The van der Waals surface area contributed by atoms with Crippen LogP contribution < -0.4 is 20.2 Å². The van der Waals surface area contributed by atoms with Crippen molar-refractivity contribution >= 4 is 50.5 Å². The van der Waals surface area contributed by atoms with E-state index in [-0.39, 0.29) is 24.9 Å². The third-order valence-electron chi connectivity index (χ3n) is 4.60. The first kappa shape index (κ1) is 27.2. The predicted molar refractivity (Wildman–Crippen MR) is 143 cm³/mol. The number of nitrogens with zero attached hydrogens (tertiary/aromatic N) is 2. The van der Waals surface area contributed by atoms with Crippen LogP contribution in [-0.2, 0) is 27.3 Å². The molecular weight excluding hydrogens is 548 g/mol. The summed E-state index contributed by atoms with van der Waals surface area (Å²) in [4.78, 5) is 28.1. The Morgan fingerprint density at radius 1 is 1.11 bits per heavy atom. The molecule has 36 heavy (non-hydrogen) atoms. The SMILES string of the molecule is CCOC(=O)Cc1csc(NN=Cc2cc(OCC)c(OCC(=O)NCc3ccccc3)cc2Br)n1. The quantitative estimate of drug-likeness (QED) is 0.175. The molecule has 0 bridgehead atoms. The van der Waals surface area contributed by atoms with E-state index in [0.29, 0.717) is 46.6 Å². The standard InChI is InChI=1S/C25H27BrN4O5S/c1-3-33-21-10-18(14-28-30-25-29-19(16-36-25)11-24(32)34-4-2)20(26)12-22(21)35-15-23(31)27-13-17-8-6-5-7-9-17/h5-10,12,14,16H,3-4,11,13,15H2,1-2H3,(H,27,31)(H,29,30). The minimum atomic E-state index is -0.318. The second kappa shape index (κ2) is 14.2. The molecule has 3 rings (SSSR count). The molecule has 0 radical (unpaired) electrons. The van der Waals surface area contributed by atoms with E-state index < -0.39 is 0 Å². The average Bonchev–Trinajstić information content (AvgIpc) is 3.31. The van der Waals surface area contributed by atoms with Crippen molar-refractivity contribution in [1.82, 2.24) is 10.3 Å². The van der Waals surface area contributed by atoms with Crippen LogP contribution in [-0.4, -0.2) is 42.9 Å². The largest absolute Gasteiger partial charge is 0.490 e. The molecular formula is C25H27BrN4O5S. The highest BCUT2D eigenvalue weighted by atomic mass is 79.9. The highest BCUT2D eigenvalue weighted by Crippen LogP contribution is 2.33. The van der Waals surface area contributed by atoms with E-state index in [0.717, 1.165) is 11.1 Å². The van der Waals surface area contributed by atoms with Crippen molar-refractivity contribution in [2.75, 3.05) is 25.2 Å². The number of rotatable bonds is 13. The Morgan fingerprint density at radius 3 is 2.64 bits per heavy atom. The van der Waals surface area contributed by atoms with E-state index in [9.17, 15) is 9.59 Å². The number of hydrazone groups is 1. The van der Waals surface area contributed by atoms with E-state index in [1.165, 1.54) is 11.3 Å². The molecule has 1 aromatic heterocycles. The van der Waals surface area contributed by atoms with Crippen molar-refractivity contribution in [3.63, 3.8) is 0 Å². The Bertz CT molecular complexity index is 1190. The molecule has 2 aromatic carbocycles. The fourth-order valence-electron chi connectivity index (χ4n) is 2.98. The minimum absolute atomic E-state index is 0.116. The number of benzene rings is 2. The van der Waals surface area contributed by atoms with Crippen LogP contribution in [0.15, 0.2) is 57.4 Å². The predicted octanol–water partition coefficient (Wildman–Crippen LogP) is 4.55. The number of carbonyl (C=O) groups is 2. The highest BCUT2D eigenvalue weighted by Gasteiger charge is 2.13. The van der Waals surface area contributed by atoms with Crippen LogP contribution in [0.5, 0.6) is 11.5 Å². The molecule has 0 unspecified atom stereocenters. The smallest absolute Gasteiger partial charge is 0.311 e. The van der Waals surface area contributed by atoms with Crippen LogP contribution >= 0.6 is 27.3 Å². The molecule has 1 amide bonds. The van der Waals surface area contributed by atoms with Gasteiger partial charge in [0.2, 0.25) is 5.13 Å². The summed E-state index contributed by atoms with van der Waals surface area (Å²) in [5, 5.41) is 9.38. The number of aromatic nitrogens is 1. The van der Waals surface area contributed by atoms with Crippen LogP contribution in [0.25, 0.3) is 0 Å². The van der Waals surface area contributed by atoms with E-state index >= 15 is 0 Å². The number of nitrogens with one attached hydrogen (secondary N) is 2. The molecule has 190 valence electrons. The normalized spacial score (nSPS) is 10.8. The number of hydrogen-bond donors (Lipinski definition) is 2. The molecule has 2 N–H and O–H groups in total. The van der Waals surface area contributed by atoms with Gasteiger partial charge in [-0.15, -0.1) is 11.3 Å². The number of ether oxygens (including phenoxy) is 3. The number of hydrogen-bond acceptors (Lipinski definition) is 9. The van der Waals surface area contributed by atoms with Gasteiger partial charge in [-0.05, 0) is 47.5 Å². The van der Waals surface area contributed by atoms with E-state index in [2.05, 4.69) is 36.8 Å². The third kappa shape index (κ3) is 8.65. The van der Waals surface area contributed by atoms with Crippen molar-refractivity contribution < 1.29 is 23.8 Å². The Hall–Kier alpha value is -3.44. The molecule has 3 aromatic rings. The van der Waals surface area contributed by atoms with Crippen molar-refractivity contribution in [3.8, 4) is 11.5 Å². The minimum Gasteiger partial charge on any atom is -0.490 e. The number of thiazole rings is 1. The van der Waals surface area contributed by atoms with Crippen molar-refractivity contribution in [1.29, 1.82) is 0 Å². The molecule has 9 nitrogen and oxygen atoms in total. The summed E-state index contributed by atoms with van der Waals surface area (Å²) >= 11 is 4.85. The van der Waals surface area contributed by atoms with Gasteiger partial charge in [-0.2, -0.15) is 5.10 Å². The van der Waals surface area contributed by atoms with Gasteiger partial charge in [0, 0.05) is 22.0 Å². The van der Waals surface area contributed by atoms with Gasteiger partial charge in [0.15, 0.2) is 18.1 Å². The topological polar surface area (TPSA) is 111 Å². The first-order valence-electron chi connectivity index (χ1n) is 11.3. The van der Waals surface area contributed by atoms with Gasteiger partial charge in [-0.25, -0.2) is 4.98 Å². The Balaban J connectivity index is 1.58. The molecule has 11 heteroatoms. The fraction of sp³-hybridized carbons (Fsp3) is 0.280. The molecule has 0 aliphatic carbocycles. The van der Waals surface area contributed by atoms with E-state index in [1.807, 2.05) is 37.3 Å². The van der Waals surface area contributed by atoms with Crippen molar-refractivity contribution in [2.45, 2.75) is 26.8 Å². The second-order valence-electron chi connectivity index (χ2n) is 7.30. The zero-order valence-corrected chi connectivity index (χ0v) is 22.4. The second-order valence-corrected chi connectivity index (χ2v) is 9.01. The monoisotopic (exact) mass is 574 g/mol. The number of carbonyl (C=O) groups excluding carboxylic acids is 2. The third-order valence-corrected chi connectivity index (χ3v) is 6.08. The zero-order valence-electron chi connectivity index (χ0n) is 20.0. The maximum absolute atomic E-state index is 12.2. The lowest BCUT2D eigenvalue weighted by atomic mass is 10.2. The first-order valence-corrected chi connectivity index (χ1v) is 12.9. The highest BCUT2D eigenvalue weighted by molar-refractivity contribution is 9.10. The molecule has 0 atom stereocenters. The van der Waals surface area contributed by atoms with Crippen molar-refractivity contribution in [3.05, 3.63) is 69.1 Å². The summed E-state index contributed by atoms with van der Waals surface area (Å²) < 4.78 is 17.1. The first-order chi connectivity index (χ1) is 17.5. The lowest BCUT2D eigenvalue weighted by Gasteiger charge is -2.14. The summed E-state index contributed by atoms with van der Waals surface area (Å²) in [6.07, 6.45) is 1.72. The van der Waals surface area contributed by atoms with Gasteiger partial charge < -0.3 is 19.5 Å². The van der Waals surface area contributed by atoms with Gasteiger partial charge >= 0.3 is 5.97 Å². The Labute approximate surface area is 222 Å². The Morgan fingerprint density at radius 2 is 1.89 bits per heavy atom. The summed E-state index contributed by atoms with van der Waals surface area (Å²) in [7, 11) is 0. The van der Waals surface area contributed by atoms with Crippen LogP contribution in [0.4, 0.5) is 5.13 Å². The molecule has 0 saturated heterocycles. The molecule has 1 heterocycles. The molecule has 0 saturated carbocycles. The van der Waals surface area contributed by atoms with E-state index in [4.69, 9.17) is 14.2 Å². The lowest BCUT2D eigenvalue weighted by Crippen LogP contribution is -2.28. The number of halogens is 1. The van der Waals surface area contributed by atoms with Crippen LogP contribution in [0.2, 0.25) is 0 Å². The van der Waals surface area contributed by atoms with Crippen LogP contribution in [0, 0.1) is 0 Å². The number of anilines is 1. The summed E-state index contributed by atoms with van der Waals surface area (Å²) in [5.74, 6) is 0.371. The van der Waals surface area contributed by atoms with E-state index in [1.54, 1.807) is 30.7 Å². The lowest BCUT2D eigenvalue weighted by molar-refractivity contribution is -0.142. The summed E-state index contributed by atoms with van der Waals surface area (Å²) in [6.45, 7) is 4.67. The summed E-state index contributed by atoms with van der Waals surface area (Å²) in [5.41, 5.74) is 5.21. The van der Waals surface area contributed by atoms with Crippen molar-refractivity contribution in [2.24, 2.45) is 5.10 Å². The zero-order chi connectivity index (χ0) is 25.8. The molecule has 0 aliphatic heterocycles. The fourth-order valence-corrected chi connectivity index (χ4v) is 4.06.